The van der Waals surface area contributed by atoms with Gasteiger partial charge in [-0.15, -0.1) is 0 Å². The lowest BCUT2D eigenvalue weighted by Crippen LogP contribution is -2.21. The van der Waals surface area contributed by atoms with E-state index >= 15 is 0 Å². The average molecular weight is 284 g/mol. The number of aryl methyl sites for hydroxylation is 2. The molecule has 0 aliphatic heterocycles. The van der Waals surface area contributed by atoms with E-state index in [9.17, 15) is 0 Å². The van der Waals surface area contributed by atoms with Crippen molar-refractivity contribution in [3.8, 4) is 0 Å². The van der Waals surface area contributed by atoms with Gasteiger partial charge in [-0.05, 0) is 23.0 Å². The molecule has 0 aliphatic rings. The highest BCUT2D eigenvalue weighted by Crippen LogP contribution is 2.26. The summed E-state index contributed by atoms with van der Waals surface area (Å²) < 4.78 is 4.77. The molecule has 1 unspecified atom stereocenters. The maximum atomic E-state index is 4.36. The number of rotatable bonds is 3. The van der Waals surface area contributed by atoms with E-state index in [0.717, 1.165) is 15.9 Å². The largest absolute Gasteiger partial charge is 0.340 e. The third-order valence-corrected chi connectivity index (χ3v) is 3.13. The monoisotopic (exact) mass is 283 g/mol. The highest BCUT2D eigenvalue weighted by atomic mass is 79.9. The zero-order valence-electron chi connectivity index (χ0n) is 9.48. The second kappa shape index (κ2) is 4.39. The molecule has 0 saturated carbocycles. The lowest BCUT2D eigenvalue weighted by molar-refractivity contribution is 0.594. The van der Waals surface area contributed by atoms with Gasteiger partial charge in [0.25, 0.3) is 0 Å². The Morgan fingerprint density at radius 2 is 2.19 bits per heavy atom. The molecule has 2 aromatic heterocycles. The summed E-state index contributed by atoms with van der Waals surface area (Å²) in [4.78, 5) is 4.36. The summed E-state index contributed by atoms with van der Waals surface area (Å²) in [5, 5.41) is 7.46. The third-order valence-electron chi connectivity index (χ3n) is 2.52. The van der Waals surface area contributed by atoms with E-state index in [-0.39, 0.29) is 6.04 Å². The Hall–Kier alpha value is -1.14. The van der Waals surface area contributed by atoms with Crippen molar-refractivity contribution >= 4 is 15.9 Å². The molecule has 0 bridgehead atoms. The van der Waals surface area contributed by atoms with Crippen molar-refractivity contribution in [2.24, 2.45) is 14.1 Å². The Bertz CT molecular complexity index is 468. The first kappa shape index (κ1) is 11.3. The van der Waals surface area contributed by atoms with Gasteiger partial charge in [-0.3, -0.25) is 4.68 Å². The van der Waals surface area contributed by atoms with Gasteiger partial charge in [0, 0.05) is 20.3 Å². The highest BCUT2D eigenvalue weighted by Gasteiger charge is 2.20. The Morgan fingerprint density at radius 3 is 2.62 bits per heavy atom. The van der Waals surface area contributed by atoms with Gasteiger partial charge < -0.3 is 9.88 Å². The van der Waals surface area contributed by atoms with Crippen LogP contribution in [0.1, 0.15) is 17.4 Å². The second-order valence-electron chi connectivity index (χ2n) is 3.69. The number of nitrogens with zero attached hydrogens (tertiary/aromatic N) is 4. The van der Waals surface area contributed by atoms with E-state index in [2.05, 4.69) is 31.3 Å². The molecule has 2 rings (SSSR count). The van der Waals surface area contributed by atoms with Gasteiger partial charge >= 0.3 is 0 Å². The summed E-state index contributed by atoms with van der Waals surface area (Å²) in [5.74, 6) is 0. The fourth-order valence-corrected chi connectivity index (χ4v) is 2.33. The third kappa shape index (κ3) is 1.90. The van der Waals surface area contributed by atoms with E-state index < -0.39 is 0 Å². The van der Waals surface area contributed by atoms with Crippen LogP contribution in [0.15, 0.2) is 23.2 Å². The number of hydrogen-bond donors (Lipinski definition) is 1. The van der Waals surface area contributed by atoms with Gasteiger partial charge in [-0.1, -0.05) is 0 Å². The second-order valence-corrected chi connectivity index (χ2v) is 4.54. The molecule has 0 radical (unpaired) electrons. The van der Waals surface area contributed by atoms with Gasteiger partial charge in [0.1, 0.15) is 0 Å². The zero-order chi connectivity index (χ0) is 11.7. The van der Waals surface area contributed by atoms with Crippen LogP contribution in [0.5, 0.6) is 0 Å². The highest BCUT2D eigenvalue weighted by molar-refractivity contribution is 9.10. The van der Waals surface area contributed by atoms with Crippen molar-refractivity contribution in [2.45, 2.75) is 6.04 Å². The minimum absolute atomic E-state index is 0.0445. The maximum Gasteiger partial charge on any atom is 0.0947 e. The molecular formula is C10H14BrN5. The number of hydrogen-bond acceptors (Lipinski definition) is 3. The molecule has 0 aromatic carbocycles. The molecule has 2 heterocycles. The molecule has 5 nitrogen and oxygen atoms in total. The van der Waals surface area contributed by atoms with Gasteiger partial charge in [0.05, 0.1) is 34.4 Å². The van der Waals surface area contributed by atoms with Crippen molar-refractivity contribution in [1.29, 1.82) is 0 Å². The Balaban J connectivity index is 2.44. The van der Waals surface area contributed by atoms with E-state index in [0.29, 0.717) is 0 Å². The van der Waals surface area contributed by atoms with Crippen molar-refractivity contribution in [2.75, 3.05) is 7.05 Å². The maximum absolute atomic E-state index is 4.36. The fraction of sp³-hybridized carbons (Fsp3) is 0.400. The Morgan fingerprint density at radius 1 is 1.44 bits per heavy atom. The van der Waals surface area contributed by atoms with Crippen LogP contribution in [0.3, 0.4) is 0 Å². The predicted molar refractivity (Wildman–Crippen MR) is 65.0 cm³/mol. The molecule has 16 heavy (non-hydrogen) atoms. The molecule has 2 aromatic rings. The minimum atomic E-state index is 0.0445. The lowest BCUT2D eigenvalue weighted by Gasteiger charge is -2.14. The first-order valence-electron chi connectivity index (χ1n) is 4.96. The molecule has 0 aliphatic carbocycles. The summed E-state index contributed by atoms with van der Waals surface area (Å²) in [6.45, 7) is 0. The van der Waals surface area contributed by atoms with Crippen LogP contribution in [0.4, 0.5) is 0 Å². The SMILES string of the molecule is CNC(c1cn(C)cn1)c1c(Br)cnn1C. The van der Waals surface area contributed by atoms with Crippen molar-refractivity contribution in [3.05, 3.63) is 34.6 Å². The summed E-state index contributed by atoms with van der Waals surface area (Å²) in [7, 11) is 5.80. The van der Waals surface area contributed by atoms with Crippen LogP contribution in [-0.2, 0) is 14.1 Å². The molecule has 0 spiro atoms. The summed E-state index contributed by atoms with van der Waals surface area (Å²) >= 11 is 3.50. The fourth-order valence-electron chi connectivity index (χ4n) is 1.75. The van der Waals surface area contributed by atoms with Crippen LogP contribution in [-0.4, -0.2) is 26.4 Å². The molecular weight excluding hydrogens is 270 g/mol. The van der Waals surface area contributed by atoms with Crippen LogP contribution in [0, 0.1) is 0 Å². The van der Waals surface area contributed by atoms with E-state index in [1.54, 1.807) is 12.5 Å². The minimum Gasteiger partial charge on any atom is -0.340 e. The number of halogens is 1. The van der Waals surface area contributed by atoms with Crippen molar-refractivity contribution in [1.82, 2.24) is 24.6 Å². The summed E-state index contributed by atoms with van der Waals surface area (Å²) in [6, 6.07) is 0.0445. The van der Waals surface area contributed by atoms with E-state index in [1.165, 1.54) is 0 Å². The molecule has 1 atom stereocenters. The number of nitrogens with one attached hydrogen (secondary N) is 1. The molecule has 86 valence electrons. The van der Waals surface area contributed by atoms with Gasteiger partial charge in [-0.25, -0.2) is 4.98 Å². The van der Waals surface area contributed by atoms with E-state index in [1.807, 2.05) is 36.6 Å². The van der Waals surface area contributed by atoms with Crippen LogP contribution in [0.25, 0.3) is 0 Å². The van der Waals surface area contributed by atoms with E-state index in [4.69, 9.17) is 0 Å². The van der Waals surface area contributed by atoms with Crippen molar-refractivity contribution in [3.63, 3.8) is 0 Å². The first-order chi connectivity index (χ1) is 7.63. The van der Waals surface area contributed by atoms with Crippen LogP contribution < -0.4 is 5.32 Å². The summed E-state index contributed by atoms with van der Waals surface area (Å²) in [6.07, 6.45) is 5.59. The molecule has 6 heteroatoms. The molecule has 1 N–H and O–H groups in total. The molecule has 0 saturated heterocycles. The topological polar surface area (TPSA) is 47.7 Å². The van der Waals surface area contributed by atoms with Gasteiger partial charge in [0.2, 0.25) is 0 Å². The molecule has 0 fully saturated rings. The summed E-state index contributed by atoms with van der Waals surface area (Å²) in [5.41, 5.74) is 2.05. The predicted octanol–water partition coefficient (Wildman–Crippen LogP) is 1.22. The quantitative estimate of drug-likeness (QED) is 0.922. The lowest BCUT2D eigenvalue weighted by atomic mass is 10.1. The van der Waals surface area contributed by atoms with Crippen molar-refractivity contribution < 1.29 is 0 Å². The Labute approximate surface area is 103 Å². The average Bonchev–Trinajstić information content (AvgIpc) is 2.80. The normalized spacial score (nSPS) is 13.0. The Kier molecular flexibility index (Phi) is 3.11. The standard InChI is InChI=1S/C10H14BrN5/c1-12-9(8-5-15(2)6-13-8)10-7(11)4-14-16(10)3/h4-6,9,12H,1-3H3. The molecule has 0 amide bonds. The number of imidazole rings is 1. The zero-order valence-corrected chi connectivity index (χ0v) is 11.1. The number of aromatic nitrogens is 4. The van der Waals surface area contributed by atoms with Gasteiger partial charge in [-0.2, -0.15) is 5.10 Å². The van der Waals surface area contributed by atoms with Crippen LogP contribution >= 0.6 is 15.9 Å². The first-order valence-corrected chi connectivity index (χ1v) is 5.75. The smallest absolute Gasteiger partial charge is 0.0947 e. The van der Waals surface area contributed by atoms with Crippen LogP contribution in [0.2, 0.25) is 0 Å². The van der Waals surface area contributed by atoms with Gasteiger partial charge in [0.15, 0.2) is 0 Å².